The van der Waals surface area contributed by atoms with Crippen LogP contribution in [0.25, 0.3) is 0 Å². The number of carbonyl (C=O) groups is 2. The first-order chi connectivity index (χ1) is 14.8. The summed E-state index contributed by atoms with van der Waals surface area (Å²) in [6, 6.07) is -1.08. The van der Waals surface area contributed by atoms with Crippen molar-refractivity contribution < 1.29 is 19.8 Å². The lowest BCUT2D eigenvalue weighted by Crippen LogP contribution is -2.50. The predicted octanol–water partition coefficient (Wildman–Crippen LogP) is 1.47. The molecule has 3 aliphatic rings. The van der Waals surface area contributed by atoms with Crippen molar-refractivity contribution in [2.75, 3.05) is 19.6 Å². The second-order valence-corrected chi connectivity index (χ2v) is 10.1. The van der Waals surface area contributed by atoms with Gasteiger partial charge in [0.15, 0.2) is 5.82 Å². The highest BCUT2D eigenvalue weighted by Gasteiger charge is 2.42. The fraction of sp³-hybridized carbons (Fsp3) is 0.857. The minimum Gasteiger partial charge on any atom is -0.480 e. The first-order valence-corrected chi connectivity index (χ1v) is 11.5. The van der Waals surface area contributed by atoms with Crippen LogP contribution in [0.3, 0.4) is 0 Å². The molecule has 32 heavy (non-hydrogen) atoms. The largest absolute Gasteiger partial charge is 0.480 e. The van der Waals surface area contributed by atoms with Crippen molar-refractivity contribution in [3.8, 4) is 0 Å². The third kappa shape index (κ3) is 5.58. The molecule has 3 unspecified atom stereocenters. The van der Waals surface area contributed by atoms with Crippen LogP contribution in [0.2, 0.25) is 0 Å². The summed E-state index contributed by atoms with van der Waals surface area (Å²) in [6.07, 6.45) is 5.03. The Hall–Kier alpha value is -1.78. The van der Waals surface area contributed by atoms with Crippen molar-refractivity contribution in [1.29, 1.82) is 0 Å². The van der Waals surface area contributed by atoms with Gasteiger partial charge in [0.05, 0.1) is 6.04 Å². The Kier molecular flexibility index (Phi) is 8.11. The summed E-state index contributed by atoms with van der Waals surface area (Å²) in [5.74, 6) is 0.908. The topological polar surface area (TPSA) is 133 Å². The van der Waals surface area contributed by atoms with Crippen LogP contribution in [0.4, 0.5) is 0 Å². The lowest BCUT2D eigenvalue weighted by atomic mass is 9.69. The van der Waals surface area contributed by atoms with Gasteiger partial charge in [0.2, 0.25) is 0 Å². The molecule has 180 valence electrons. The van der Waals surface area contributed by atoms with Gasteiger partial charge in [-0.1, -0.05) is 13.8 Å². The van der Waals surface area contributed by atoms with Crippen molar-refractivity contribution in [1.82, 2.24) is 30.4 Å². The van der Waals surface area contributed by atoms with Gasteiger partial charge in [0, 0.05) is 19.5 Å². The summed E-state index contributed by atoms with van der Waals surface area (Å²) in [6.45, 7) is 6.32. The number of carboxylic acids is 2. The first kappa shape index (κ1) is 24.9. The zero-order chi connectivity index (χ0) is 22.1. The molecule has 6 atom stereocenters. The number of nitrogens with one attached hydrogen (secondary N) is 1. The predicted molar refractivity (Wildman–Crippen MR) is 119 cm³/mol. The van der Waals surface area contributed by atoms with Crippen LogP contribution in [-0.4, -0.2) is 79.0 Å². The van der Waals surface area contributed by atoms with Crippen LogP contribution in [0.5, 0.6) is 0 Å². The molecular weight excluding hydrogens is 436 g/mol. The van der Waals surface area contributed by atoms with E-state index >= 15 is 0 Å². The lowest BCUT2D eigenvalue weighted by molar-refractivity contribution is -0.143. The van der Waals surface area contributed by atoms with Crippen LogP contribution < -0.4 is 5.32 Å². The standard InChI is InChI=1S/C21H34N6O4.ClH/c1-12(2)5-19-23-25-27(24-19)16-8-18(21(30)31)26(11-16)10-13-3-4-14-9-22-17(20(28)29)7-15(14)6-13;/h12-18,22H,3-11H2,1-2H3,(H,28,29)(H,30,31);1H/t13?,14-,15?,16-,17?,18-;/m0./s1. The highest BCUT2D eigenvalue weighted by atomic mass is 35.5. The Labute approximate surface area is 194 Å². The number of rotatable bonds is 7. The molecule has 0 spiro atoms. The molecule has 4 rings (SSSR count). The van der Waals surface area contributed by atoms with E-state index in [0.717, 1.165) is 38.8 Å². The van der Waals surface area contributed by atoms with Gasteiger partial charge in [-0.2, -0.15) is 4.80 Å². The molecule has 1 aromatic heterocycles. The Balaban J connectivity index is 0.00000289. The van der Waals surface area contributed by atoms with E-state index in [1.807, 2.05) is 0 Å². The number of aliphatic carboxylic acids is 2. The summed E-state index contributed by atoms with van der Waals surface area (Å²) in [5, 5.41) is 35.1. The van der Waals surface area contributed by atoms with Crippen molar-refractivity contribution in [3.63, 3.8) is 0 Å². The summed E-state index contributed by atoms with van der Waals surface area (Å²) >= 11 is 0. The molecule has 1 saturated carbocycles. The number of hydrogen-bond acceptors (Lipinski definition) is 7. The van der Waals surface area contributed by atoms with E-state index in [2.05, 4.69) is 39.5 Å². The normalized spacial score (nSPS) is 33.0. The maximum atomic E-state index is 11.9. The smallest absolute Gasteiger partial charge is 0.321 e. The maximum Gasteiger partial charge on any atom is 0.321 e. The molecule has 1 aromatic rings. The van der Waals surface area contributed by atoms with Crippen LogP contribution >= 0.6 is 12.4 Å². The third-order valence-corrected chi connectivity index (χ3v) is 7.26. The summed E-state index contributed by atoms with van der Waals surface area (Å²) in [5.41, 5.74) is 0. The van der Waals surface area contributed by atoms with E-state index in [9.17, 15) is 19.8 Å². The molecule has 0 bridgehead atoms. The molecule has 3 N–H and O–H groups in total. The average Bonchev–Trinajstić information content (AvgIpc) is 3.34. The van der Waals surface area contributed by atoms with E-state index in [0.29, 0.717) is 48.9 Å². The Morgan fingerprint density at radius 3 is 2.59 bits per heavy atom. The number of likely N-dealkylation sites (tertiary alicyclic amines) is 1. The molecule has 2 aliphatic heterocycles. The monoisotopic (exact) mass is 470 g/mol. The van der Waals surface area contributed by atoms with Gasteiger partial charge in [-0.25, -0.2) is 0 Å². The lowest BCUT2D eigenvalue weighted by Gasteiger charge is -2.42. The molecule has 1 aliphatic carbocycles. The van der Waals surface area contributed by atoms with Crippen LogP contribution in [0.1, 0.15) is 57.8 Å². The second-order valence-electron chi connectivity index (χ2n) is 10.1. The van der Waals surface area contributed by atoms with Crippen molar-refractivity contribution in [2.24, 2.45) is 23.7 Å². The minimum absolute atomic E-state index is 0. The SMILES string of the molecule is CC(C)Cc1nnn([C@H]2C[C@@H](C(=O)O)N(CC3CC[C@H]4CNC(C(=O)O)CC4C3)C2)n1.Cl. The quantitative estimate of drug-likeness (QED) is 0.541. The molecule has 3 fully saturated rings. The van der Waals surface area contributed by atoms with Gasteiger partial charge in [-0.05, 0) is 67.5 Å². The Bertz CT molecular complexity index is 805. The molecule has 2 saturated heterocycles. The number of tetrazole rings is 1. The van der Waals surface area contributed by atoms with Gasteiger partial charge < -0.3 is 15.5 Å². The molecular formula is C21H35ClN6O4. The average molecular weight is 471 g/mol. The highest BCUT2D eigenvalue weighted by Crippen LogP contribution is 2.40. The van der Waals surface area contributed by atoms with Crippen LogP contribution in [0, 0.1) is 23.7 Å². The van der Waals surface area contributed by atoms with E-state index < -0.39 is 24.0 Å². The van der Waals surface area contributed by atoms with Crippen molar-refractivity contribution in [2.45, 2.75) is 70.5 Å². The van der Waals surface area contributed by atoms with Gasteiger partial charge >= 0.3 is 11.9 Å². The Morgan fingerprint density at radius 2 is 1.91 bits per heavy atom. The van der Waals surface area contributed by atoms with Gasteiger partial charge in [0.1, 0.15) is 12.1 Å². The summed E-state index contributed by atoms with van der Waals surface area (Å²) < 4.78 is 0. The molecule has 0 aromatic carbocycles. The van der Waals surface area contributed by atoms with Gasteiger partial charge in [-0.3, -0.25) is 14.5 Å². The number of hydrogen-bond donors (Lipinski definition) is 3. The van der Waals surface area contributed by atoms with E-state index in [1.54, 1.807) is 4.80 Å². The van der Waals surface area contributed by atoms with Crippen molar-refractivity contribution >= 4 is 24.3 Å². The second kappa shape index (κ2) is 10.4. The van der Waals surface area contributed by atoms with E-state index in [-0.39, 0.29) is 18.4 Å². The number of fused-ring (bicyclic) bond motifs is 1. The van der Waals surface area contributed by atoms with Crippen molar-refractivity contribution in [3.05, 3.63) is 5.82 Å². The molecule has 3 heterocycles. The summed E-state index contributed by atoms with van der Waals surface area (Å²) in [7, 11) is 0. The van der Waals surface area contributed by atoms with E-state index in [1.165, 1.54) is 0 Å². The number of piperidine rings is 1. The highest BCUT2D eigenvalue weighted by molar-refractivity contribution is 5.85. The minimum atomic E-state index is -0.800. The van der Waals surface area contributed by atoms with E-state index in [4.69, 9.17) is 0 Å². The molecule has 0 radical (unpaired) electrons. The number of aromatic nitrogens is 4. The summed E-state index contributed by atoms with van der Waals surface area (Å²) in [4.78, 5) is 27.0. The third-order valence-electron chi connectivity index (χ3n) is 7.26. The Morgan fingerprint density at radius 1 is 1.12 bits per heavy atom. The fourth-order valence-corrected chi connectivity index (χ4v) is 5.71. The molecule has 10 nitrogen and oxygen atoms in total. The maximum absolute atomic E-state index is 11.9. The van der Waals surface area contributed by atoms with Gasteiger partial charge in [0.25, 0.3) is 0 Å². The number of carboxylic acid groups (broad SMARTS) is 2. The zero-order valence-electron chi connectivity index (χ0n) is 18.8. The van der Waals surface area contributed by atoms with Gasteiger partial charge in [-0.15, -0.1) is 22.6 Å². The number of halogens is 1. The number of nitrogens with zero attached hydrogens (tertiary/aromatic N) is 5. The fourth-order valence-electron chi connectivity index (χ4n) is 5.71. The zero-order valence-corrected chi connectivity index (χ0v) is 19.6. The molecule has 11 heteroatoms. The van der Waals surface area contributed by atoms with Crippen LogP contribution in [0.15, 0.2) is 0 Å². The molecule has 0 amide bonds. The van der Waals surface area contributed by atoms with Crippen LogP contribution in [-0.2, 0) is 16.0 Å². The first-order valence-electron chi connectivity index (χ1n) is 11.5.